The van der Waals surface area contributed by atoms with Gasteiger partial charge in [-0.3, -0.25) is 29.9 Å². The van der Waals surface area contributed by atoms with E-state index in [2.05, 4.69) is 220 Å². The Morgan fingerprint density at radius 3 is 1.01 bits per heavy atom. The van der Waals surface area contributed by atoms with Gasteiger partial charge in [-0.2, -0.15) is 0 Å². The van der Waals surface area contributed by atoms with Gasteiger partial charge in [-0.25, -0.2) is 49.8 Å². The lowest BCUT2D eigenvalue weighted by molar-refractivity contribution is 0.830. The first-order chi connectivity index (χ1) is 60.7. The van der Waals surface area contributed by atoms with Crippen LogP contribution in [0.15, 0.2) is 340 Å². The van der Waals surface area contributed by atoms with Crippen LogP contribution in [-0.4, -0.2) is 79.7 Å². The number of fused-ring (bicyclic) bond motifs is 9. The molecule has 594 valence electrons. The van der Waals surface area contributed by atoms with Gasteiger partial charge < -0.3 is 0 Å². The van der Waals surface area contributed by atoms with E-state index >= 15 is 0 Å². The Bertz CT molecular complexity index is 7120. The van der Waals surface area contributed by atoms with E-state index in [1.54, 1.807) is 18.6 Å². The van der Waals surface area contributed by atoms with Gasteiger partial charge in [0.2, 0.25) is 0 Å². The molecule has 0 aliphatic carbocycles. The first-order valence-corrected chi connectivity index (χ1v) is 41.6. The summed E-state index contributed by atoms with van der Waals surface area (Å²) < 4.78 is 0. The fraction of sp³-hybridized carbons (Fsp3) is 0.0926. The molecule has 124 heavy (non-hydrogen) atoms. The Balaban J connectivity index is 0.000000122. The number of hydrogen-bond acceptors (Lipinski definition) is 16. The highest BCUT2D eigenvalue weighted by Gasteiger charge is 2.22. The van der Waals surface area contributed by atoms with Crippen LogP contribution < -0.4 is 0 Å². The zero-order valence-corrected chi connectivity index (χ0v) is 69.6. The van der Waals surface area contributed by atoms with Gasteiger partial charge in [0.15, 0.2) is 29.1 Å². The molecule has 0 atom stereocenters. The van der Waals surface area contributed by atoms with Crippen LogP contribution in [-0.2, 0) is 0 Å². The highest BCUT2D eigenvalue weighted by atomic mass is 15.0. The minimum Gasteiger partial charge on any atom is -0.255 e. The maximum absolute atomic E-state index is 5.27. The molecule has 9 aromatic carbocycles. The third kappa shape index (κ3) is 16.3. The van der Waals surface area contributed by atoms with Gasteiger partial charge in [-0.1, -0.05) is 246 Å². The summed E-state index contributed by atoms with van der Waals surface area (Å²) in [6.45, 7) is 17.1. The second kappa shape index (κ2) is 34.1. The van der Waals surface area contributed by atoms with Gasteiger partial charge in [0.25, 0.3) is 0 Å². The Morgan fingerprint density at radius 2 is 0.532 bits per heavy atom. The van der Waals surface area contributed by atoms with E-state index in [1.165, 1.54) is 11.1 Å². The third-order valence-corrected chi connectivity index (χ3v) is 22.1. The molecule has 21 aromatic rings. The minimum absolute atomic E-state index is 0.319. The molecule has 0 radical (unpaired) electrons. The fourth-order valence-corrected chi connectivity index (χ4v) is 15.7. The van der Waals surface area contributed by atoms with Crippen molar-refractivity contribution < 1.29 is 0 Å². The zero-order chi connectivity index (χ0) is 84.3. The molecule has 12 heterocycles. The summed E-state index contributed by atoms with van der Waals surface area (Å²) in [6, 6.07) is 109. The van der Waals surface area contributed by atoms with Crippen LogP contribution in [0.2, 0.25) is 0 Å². The molecule has 0 spiro atoms. The monoisotopic (exact) mass is 1600 g/mol. The summed E-state index contributed by atoms with van der Waals surface area (Å²) in [5.74, 6) is 3.60. The SMILES string of the molecule is CC(C)c1ccc2ccc3c(C(C)C)cc(-c4cccc(-c5nc(-c6ccccc6)cc(-c6ccccn6)n5)c4)nc3c2n1.Cc1ccc2ccc3c(C)cc(-c4cccc(-c5cc(-c6ccccc6)nc(-c6ccccn6)n5)c4)nc3c2n1.Cc1ccc2ccc3c(C)cc(-c4cccc(-c5nc(-c6ccccc6)nc(-c6ccccn6)n5)c4)nc3c2n1. The van der Waals surface area contributed by atoms with Crippen LogP contribution in [0.25, 0.3) is 202 Å². The number of aryl methyl sites for hydroxylation is 4. The maximum Gasteiger partial charge on any atom is 0.182 e. The smallest absolute Gasteiger partial charge is 0.182 e. The van der Waals surface area contributed by atoms with Crippen LogP contribution in [0.4, 0.5) is 0 Å². The lowest BCUT2D eigenvalue weighted by Gasteiger charge is -2.15. The number of nitrogens with zero attached hydrogens (tertiary/aromatic N) is 16. The molecule has 0 aliphatic rings. The average Bonchev–Trinajstić information content (AvgIpc) is 0.766. The third-order valence-electron chi connectivity index (χ3n) is 22.1. The summed E-state index contributed by atoms with van der Waals surface area (Å²) in [5.41, 5.74) is 29.2. The number of rotatable bonds is 14. The van der Waals surface area contributed by atoms with Gasteiger partial charge >= 0.3 is 0 Å². The number of aromatic nitrogens is 16. The molecule has 21 rings (SSSR count). The average molecular weight is 1600 g/mol. The minimum atomic E-state index is 0.319. The van der Waals surface area contributed by atoms with E-state index < -0.39 is 0 Å². The van der Waals surface area contributed by atoms with Crippen LogP contribution in [0.3, 0.4) is 0 Å². The standard InChI is InChI=1S/C39H33N5.C35H25N5.C34H24N6/c1-24(2)31-22-34(42-38-30(31)18-16-27-17-19-32(25(3)4)41-37(27)38)28-13-10-14-29(21-28)39-43-35(26-11-6-5-7-12-26)23-36(44-39)33-15-8-9-20-40-33;1-22-19-30(38-34-28(22)17-16-25-15-14-23(2)37-33(25)34)26-11-8-12-27(20-26)32-21-31(24-9-4-3-5-10-24)39-35(40-32)29-13-6-7-18-36-29;1-21-19-29(37-31-27(21)17-16-23-15-14-22(2)36-30(23)31)25-11-8-12-26(20-25)33-38-32(24-9-4-3-5-10-24)39-34(40-33)28-13-6-7-18-35-28/h5-25H,1-4H3;3-21H,1-2H3;3-20H,1-2H3. The molecule has 0 saturated carbocycles. The van der Waals surface area contributed by atoms with Crippen LogP contribution in [0.1, 0.15) is 73.3 Å². The summed E-state index contributed by atoms with van der Waals surface area (Å²) in [6.07, 6.45) is 5.30. The largest absolute Gasteiger partial charge is 0.255 e. The molecule has 0 fully saturated rings. The highest BCUT2D eigenvalue weighted by molar-refractivity contribution is 6.07. The predicted molar refractivity (Wildman–Crippen MR) is 501 cm³/mol. The van der Waals surface area contributed by atoms with Gasteiger partial charge in [-0.05, 0) is 159 Å². The highest BCUT2D eigenvalue weighted by Crippen LogP contribution is 2.39. The zero-order valence-electron chi connectivity index (χ0n) is 69.6. The van der Waals surface area contributed by atoms with Crippen molar-refractivity contribution in [2.75, 3.05) is 0 Å². The van der Waals surface area contributed by atoms with Crippen LogP contribution in [0, 0.1) is 27.7 Å². The number of hydrogen-bond donors (Lipinski definition) is 0. The lowest BCUT2D eigenvalue weighted by Crippen LogP contribution is -2.01. The van der Waals surface area contributed by atoms with Crippen LogP contribution >= 0.6 is 0 Å². The van der Waals surface area contributed by atoms with Crippen molar-refractivity contribution in [3.05, 3.63) is 374 Å². The Morgan fingerprint density at radius 1 is 0.194 bits per heavy atom. The second-order valence-corrected chi connectivity index (χ2v) is 31.5. The summed E-state index contributed by atoms with van der Waals surface area (Å²) >= 11 is 0. The molecule has 0 unspecified atom stereocenters. The summed E-state index contributed by atoms with van der Waals surface area (Å²) in [7, 11) is 0. The van der Waals surface area contributed by atoms with E-state index in [0.717, 1.165) is 189 Å². The molecule has 0 N–H and O–H groups in total. The van der Waals surface area contributed by atoms with Crippen LogP contribution in [0.5, 0.6) is 0 Å². The van der Waals surface area contributed by atoms with E-state index in [9.17, 15) is 0 Å². The van der Waals surface area contributed by atoms with Crippen molar-refractivity contribution in [1.29, 1.82) is 0 Å². The van der Waals surface area contributed by atoms with E-state index in [0.29, 0.717) is 46.7 Å². The molecule has 16 heteroatoms. The lowest BCUT2D eigenvalue weighted by atomic mass is 9.94. The molecule has 12 aromatic heterocycles. The Labute approximate surface area is 717 Å². The van der Waals surface area contributed by atoms with Gasteiger partial charge in [-0.15, -0.1) is 0 Å². The maximum atomic E-state index is 5.27. The van der Waals surface area contributed by atoms with Crippen molar-refractivity contribution in [2.24, 2.45) is 0 Å². The van der Waals surface area contributed by atoms with E-state index in [-0.39, 0.29) is 0 Å². The Hall–Kier alpha value is -15.9. The number of benzene rings is 9. The van der Waals surface area contributed by atoms with Crippen molar-refractivity contribution in [2.45, 2.75) is 67.2 Å². The molecular formula is C108H82N16. The van der Waals surface area contributed by atoms with Crippen molar-refractivity contribution in [3.8, 4) is 136 Å². The molecular weight excluding hydrogens is 1520 g/mol. The van der Waals surface area contributed by atoms with Crippen molar-refractivity contribution in [1.82, 2.24) is 79.7 Å². The molecule has 0 saturated heterocycles. The predicted octanol–water partition coefficient (Wildman–Crippen LogP) is 25.8. The summed E-state index contributed by atoms with van der Waals surface area (Å²) in [4.78, 5) is 78.2. The van der Waals surface area contributed by atoms with Gasteiger partial charge in [0, 0.05) is 118 Å². The second-order valence-electron chi connectivity index (χ2n) is 31.5. The fourth-order valence-electron chi connectivity index (χ4n) is 15.7. The first kappa shape index (κ1) is 77.9. The van der Waals surface area contributed by atoms with E-state index in [1.807, 2.05) is 172 Å². The summed E-state index contributed by atoms with van der Waals surface area (Å²) in [5, 5.41) is 6.65. The van der Waals surface area contributed by atoms with Crippen molar-refractivity contribution >= 4 is 65.4 Å². The normalized spacial score (nSPS) is 11.4. The molecule has 0 aliphatic heterocycles. The van der Waals surface area contributed by atoms with Gasteiger partial charge in [0.05, 0.1) is 78.7 Å². The van der Waals surface area contributed by atoms with Crippen molar-refractivity contribution in [3.63, 3.8) is 0 Å². The number of pyridine rings is 9. The molecule has 0 bridgehead atoms. The quantitative estimate of drug-likeness (QED) is 0.0928. The Kier molecular flexibility index (Phi) is 21.4. The van der Waals surface area contributed by atoms with E-state index in [4.69, 9.17) is 64.8 Å². The van der Waals surface area contributed by atoms with Gasteiger partial charge in [0.1, 0.15) is 11.4 Å². The molecule has 16 nitrogen and oxygen atoms in total. The topological polar surface area (TPSA) is 206 Å². The first-order valence-electron chi connectivity index (χ1n) is 41.6. The molecule has 0 amide bonds.